The van der Waals surface area contributed by atoms with Crippen LogP contribution in [0.2, 0.25) is 0 Å². The average molecular weight is 277 g/mol. The number of rotatable bonds is 5. The second kappa shape index (κ2) is 6.05. The Balaban J connectivity index is 1.87. The van der Waals surface area contributed by atoms with Gasteiger partial charge in [0.05, 0.1) is 18.0 Å². The predicted molar refractivity (Wildman–Crippen MR) is 70.2 cm³/mol. The number of hydrogen-bond acceptors (Lipinski definition) is 5. The summed E-state index contributed by atoms with van der Waals surface area (Å²) in [6.07, 6.45) is 4.21. The minimum absolute atomic E-state index is 0.119. The van der Waals surface area contributed by atoms with Crippen molar-refractivity contribution in [2.45, 2.75) is 19.9 Å². The van der Waals surface area contributed by atoms with Crippen LogP contribution in [0, 0.1) is 0 Å². The highest BCUT2D eigenvalue weighted by Gasteiger charge is 2.13. The van der Waals surface area contributed by atoms with E-state index in [9.17, 15) is 9.59 Å². The van der Waals surface area contributed by atoms with Gasteiger partial charge >= 0.3 is 5.97 Å². The highest BCUT2D eigenvalue weighted by atomic mass is 16.5. The summed E-state index contributed by atoms with van der Waals surface area (Å²) < 4.78 is 11.3. The molecule has 2 heterocycles. The highest BCUT2D eigenvalue weighted by Crippen LogP contribution is 2.12. The molecule has 2 aromatic rings. The molecule has 0 saturated carbocycles. The summed E-state index contributed by atoms with van der Waals surface area (Å²) in [6, 6.07) is 3.26. The lowest BCUT2D eigenvalue weighted by Gasteiger charge is -2.11. The van der Waals surface area contributed by atoms with Crippen molar-refractivity contribution in [1.29, 1.82) is 0 Å². The van der Waals surface area contributed by atoms with Gasteiger partial charge in [-0.05, 0) is 19.9 Å². The van der Waals surface area contributed by atoms with E-state index in [0.29, 0.717) is 5.82 Å². The Bertz CT molecular complexity index is 587. The standard InChI is InChI=1S/C13H15N3O4/c1-9(2)16-11(3-5-14-16)15-12(17)8-20-13(18)10-4-6-19-7-10/h3-7,9H,8H2,1-2H3,(H,15,17). The van der Waals surface area contributed by atoms with Gasteiger partial charge < -0.3 is 14.5 Å². The topological polar surface area (TPSA) is 86.4 Å². The molecule has 0 atom stereocenters. The molecule has 0 spiro atoms. The van der Waals surface area contributed by atoms with Crippen LogP contribution in [0.4, 0.5) is 5.82 Å². The average Bonchev–Trinajstić information content (AvgIpc) is 3.06. The first-order valence-corrected chi connectivity index (χ1v) is 6.10. The smallest absolute Gasteiger partial charge is 0.341 e. The molecule has 1 N–H and O–H groups in total. The van der Waals surface area contributed by atoms with Crippen LogP contribution in [0.15, 0.2) is 35.3 Å². The lowest BCUT2D eigenvalue weighted by atomic mass is 10.3. The van der Waals surface area contributed by atoms with Gasteiger partial charge in [0.15, 0.2) is 6.61 Å². The number of amides is 1. The summed E-state index contributed by atoms with van der Waals surface area (Å²) in [4.78, 5) is 23.2. The van der Waals surface area contributed by atoms with Gasteiger partial charge in [0.25, 0.3) is 5.91 Å². The molecule has 0 unspecified atom stereocenters. The van der Waals surface area contributed by atoms with E-state index < -0.39 is 11.9 Å². The van der Waals surface area contributed by atoms with E-state index in [0.717, 1.165) is 0 Å². The fraction of sp³-hybridized carbons (Fsp3) is 0.308. The molecule has 0 aromatic carbocycles. The number of furan rings is 1. The van der Waals surface area contributed by atoms with Crippen LogP contribution < -0.4 is 5.32 Å². The zero-order chi connectivity index (χ0) is 14.5. The lowest BCUT2D eigenvalue weighted by molar-refractivity contribution is -0.119. The second-order valence-corrected chi connectivity index (χ2v) is 4.39. The molecule has 0 fully saturated rings. The SMILES string of the molecule is CC(C)n1nccc1NC(=O)COC(=O)c1ccoc1. The monoisotopic (exact) mass is 277 g/mol. The minimum Gasteiger partial charge on any atom is -0.472 e. The van der Waals surface area contributed by atoms with Crippen molar-refractivity contribution in [3.8, 4) is 0 Å². The number of esters is 1. The maximum Gasteiger partial charge on any atom is 0.341 e. The van der Waals surface area contributed by atoms with Crippen LogP contribution in [0.1, 0.15) is 30.2 Å². The highest BCUT2D eigenvalue weighted by molar-refractivity contribution is 5.94. The number of carbonyl (C=O) groups excluding carboxylic acids is 2. The van der Waals surface area contributed by atoms with Gasteiger partial charge in [0.2, 0.25) is 0 Å². The number of nitrogens with one attached hydrogen (secondary N) is 1. The molecule has 1 amide bonds. The molecule has 106 valence electrons. The van der Waals surface area contributed by atoms with Gasteiger partial charge in [-0.2, -0.15) is 5.10 Å². The van der Waals surface area contributed by atoms with Crippen LogP contribution in [0.3, 0.4) is 0 Å². The molecule has 2 aromatic heterocycles. The van der Waals surface area contributed by atoms with Crippen molar-refractivity contribution in [3.63, 3.8) is 0 Å². The van der Waals surface area contributed by atoms with Gasteiger partial charge in [-0.25, -0.2) is 9.48 Å². The Morgan fingerprint density at radius 3 is 2.90 bits per heavy atom. The van der Waals surface area contributed by atoms with Crippen LogP contribution in [0.25, 0.3) is 0 Å². The molecule has 0 aliphatic rings. The Morgan fingerprint density at radius 2 is 2.25 bits per heavy atom. The van der Waals surface area contributed by atoms with Crippen molar-refractivity contribution in [1.82, 2.24) is 9.78 Å². The fourth-order valence-electron chi connectivity index (χ4n) is 1.60. The second-order valence-electron chi connectivity index (χ2n) is 4.39. The number of hydrogen-bond donors (Lipinski definition) is 1. The van der Waals surface area contributed by atoms with Gasteiger partial charge in [-0.3, -0.25) is 4.79 Å². The van der Waals surface area contributed by atoms with E-state index in [-0.39, 0.29) is 18.2 Å². The third-order valence-corrected chi connectivity index (χ3v) is 2.52. The molecule has 0 bridgehead atoms. The van der Waals surface area contributed by atoms with Crippen LogP contribution >= 0.6 is 0 Å². The van der Waals surface area contributed by atoms with Crippen molar-refractivity contribution >= 4 is 17.7 Å². The molecule has 20 heavy (non-hydrogen) atoms. The van der Waals surface area contributed by atoms with Crippen LogP contribution in [0.5, 0.6) is 0 Å². The molecule has 2 rings (SSSR count). The zero-order valence-corrected chi connectivity index (χ0v) is 11.2. The summed E-state index contributed by atoms with van der Waals surface area (Å²) in [5, 5.41) is 6.72. The molecule has 0 radical (unpaired) electrons. The van der Waals surface area contributed by atoms with Gasteiger partial charge in [0, 0.05) is 12.1 Å². The van der Waals surface area contributed by atoms with Crippen molar-refractivity contribution in [2.24, 2.45) is 0 Å². The van der Waals surface area contributed by atoms with Crippen molar-refractivity contribution in [3.05, 3.63) is 36.4 Å². The number of aromatic nitrogens is 2. The summed E-state index contributed by atoms with van der Waals surface area (Å²) in [7, 11) is 0. The van der Waals surface area contributed by atoms with E-state index in [1.54, 1.807) is 16.9 Å². The normalized spacial score (nSPS) is 10.6. The summed E-state index contributed by atoms with van der Waals surface area (Å²) in [5.41, 5.74) is 0.269. The Labute approximate surface area is 115 Å². The zero-order valence-electron chi connectivity index (χ0n) is 11.2. The maximum atomic E-state index is 11.7. The summed E-state index contributed by atoms with van der Waals surface area (Å²) >= 11 is 0. The van der Waals surface area contributed by atoms with E-state index in [1.165, 1.54) is 18.6 Å². The summed E-state index contributed by atoms with van der Waals surface area (Å²) in [6.45, 7) is 3.52. The first-order valence-electron chi connectivity index (χ1n) is 6.10. The molecular formula is C13H15N3O4. The molecule has 0 saturated heterocycles. The van der Waals surface area contributed by atoms with E-state index in [4.69, 9.17) is 9.15 Å². The lowest BCUT2D eigenvalue weighted by Crippen LogP contribution is -2.22. The first-order chi connectivity index (χ1) is 9.58. The molecule has 7 nitrogen and oxygen atoms in total. The Hall–Kier alpha value is -2.57. The van der Waals surface area contributed by atoms with Crippen molar-refractivity contribution in [2.75, 3.05) is 11.9 Å². The molecular weight excluding hydrogens is 262 g/mol. The van der Waals surface area contributed by atoms with Crippen molar-refractivity contribution < 1.29 is 18.7 Å². The number of nitrogens with zero attached hydrogens (tertiary/aromatic N) is 2. The van der Waals surface area contributed by atoms with Gasteiger partial charge in [-0.15, -0.1) is 0 Å². The fourth-order valence-corrected chi connectivity index (χ4v) is 1.60. The Kier molecular flexibility index (Phi) is 4.19. The number of carbonyl (C=O) groups is 2. The van der Waals surface area contributed by atoms with Gasteiger partial charge in [0.1, 0.15) is 12.1 Å². The third kappa shape index (κ3) is 3.25. The van der Waals surface area contributed by atoms with Gasteiger partial charge in [-0.1, -0.05) is 0 Å². The van der Waals surface area contributed by atoms with Crippen LogP contribution in [-0.4, -0.2) is 28.3 Å². The maximum absolute atomic E-state index is 11.7. The summed E-state index contributed by atoms with van der Waals surface area (Å²) in [5.74, 6) is -0.472. The van der Waals surface area contributed by atoms with Crippen LogP contribution in [-0.2, 0) is 9.53 Å². The molecule has 0 aliphatic carbocycles. The van der Waals surface area contributed by atoms with E-state index in [2.05, 4.69) is 10.4 Å². The van der Waals surface area contributed by atoms with E-state index >= 15 is 0 Å². The quantitative estimate of drug-likeness (QED) is 0.843. The number of anilines is 1. The third-order valence-electron chi connectivity index (χ3n) is 2.52. The molecule has 7 heteroatoms. The molecule has 0 aliphatic heterocycles. The largest absolute Gasteiger partial charge is 0.472 e. The first kappa shape index (κ1) is 13.9. The number of ether oxygens (including phenoxy) is 1. The van der Waals surface area contributed by atoms with E-state index in [1.807, 2.05) is 13.8 Å². The Morgan fingerprint density at radius 1 is 1.45 bits per heavy atom. The minimum atomic E-state index is -0.605. The predicted octanol–water partition coefficient (Wildman–Crippen LogP) is 1.85.